The van der Waals surface area contributed by atoms with Gasteiger partial charge in [0, 0.05) is 38.4 Å². The number of nitrogens with one attached hydrogen (secondary N) is 1. The molecule has 4 heterocycles. The van der Waals surface area contributed by atoms with Crippen LogP contribution in [-0.4, -0.2) is 25.8 Å². The van der Waals surface area contributed by atoms with Crippen LogP contribution in [0.2, 0.25) is 0 Å². The van der Waals surface area contributed by atoms with E-state index in [1.807, 2.05) is 54.6 Å². The summed E-state index contributed by atoms with van der Waals surface area (Å²) in [5.74, 6) is 2.27. The van der Waals surface area contributed by atoms with Crippen LogP contribution in [0.1, 0.15) is 23.0 Å². The number of rotatable bonds is 5. The van der Waals surface area contributed by atoms with Crippen molar-refractivity contribution in [3.8, 4) is 11.5 Å². The Morgan fingerprint density at radius 3 is 1.88 bits per heavy atom. The highest BCUT2D eigenvalue weighted by molar-refractivity contribution is 6.26. The van der Waals surface area contributed by atoms with Crippen LogP contribution in [0, 0.1) is 0 Å². The molecule has 50 heavy (non-hydrogen) atoms. The van der Waals surface area contributed by atoms with Gasteiger partial charge in [-0.15, -0.1) is 0 Å². The van der Waals surface area contributed by atoms with E-state index in [1.165, 1.54) is 27.1 Å². The summed E-state index contributed by atoms with van der Waals surface area (Å²) in [6.07, 6.45) is -0.439. The quantitative estimate of drug-likeness (QED) is 0.203. The van der Waals surface area contributed by atoms with E-state index in [1.54, 1.807) is 0 Å². The standard InChI is InChI=1S/C44H30N6/c1-4-15-29(16-5-1)42-46-43(30-17-6-2-7-18-30)48-44(47-42)35-23-14-26-39(45-35)50-36-24-12-10-21-32(36)33-27-28-38-40(41(33)50)34-22-11-13-25-37(34)49(38)31-19-8-3-9-20-31/h1-28,44H,(H,46,47,48). The molecule has 6 heteroatoms. The number of hydrogen-bond acceptors (Lipinski definition) is 4. The number of fused-ring (bicyclic) bond motifs is 7. The molecule has 1 aliphatic heterocycles. The van der Waals surface area contributed by atoms with E-state index in [0.717, 1.165) is 50.7 Å². The van der Waals surface area contributed by atoms with E-state index in [-0.39, 0.29) is 0 Å². The van der Waals surface area contributed by atoms with Gasteiger partial charge in [-0.05, 0) is 42.5 Å². The van der Waals surface area contributed by atoms with Crippen LogP contribution in [0.5, 0.6) is 0 Å². The van der Waals surface area contributed by atoms with Gasteiger partial charge >= 0.3 is 0 Å². The first-order valence-corrected chi connectivity index (χ1v) is 16.8. The van der Waals surface area contributed by atoms with Gasteiger partial charge in [0.15, 0.2) is 12.0 Å². The lowest BCUT2D eigenvalue weighted by molar-refractivity contribution is 0.650. The predicted octanol–water partition coefficient (Wildman–Crippen LogP) is 9.77. The third-order valence-corrected chi connectivity index (χ3v) is 9.57. The van der Waals surface area contributed by atoms with Crippen LogP contribution in [0.4, 0.5) is 0 Å². The first-order valence-electron chi connectivity index (χ1n) is 16.8. The van der Waals surface area contributed by atoms with Gasteiger partial charge < -0.3 is 9.88 Å². The Morgan fingerprint density at radius 1 is 0.480 bits per heavy atom. The van der Waals surface area contributed by atoms with Crippen LogP contribution < -0.4 is 5.32 Å². The van der Waals surface area contributed by atoms with Gasteiger partial charge in [-0.3, -0.25) is 4.57 Å². The van der Waals surface area contributed by atoms with Gasteiger partial charge in [-0.2, -0.15) is 0 Å². The molecule has 3 aromatic heterocycles. The molecule has 236 valence electrons. The Kier molecular flexibility index (Phi) is 6.45. The molecule has 1 aliphatic rings. The summed E-state index contributed by atoms with van der Waals surface area (Å²) in [4.78, 5) is 15.5. The normalized spacial score (nSPS) is 14.6. The molecule has 0 fully saturated rings. The minimum Gasteiger partial charge on any atom is -0.343 e. The van der Waals surface area contributed by atoms with Crippen LogP contribution in [0.3, 0.4) is 0 Å². The second-order valence-electron chi connectivity index (χ2n) is 12.5. The number of amidine groups is 2. The summed E-state index contributed by atoms with van der Waals surface area (Å²) in [6, 6.07) is 59.0. The molecule has 0 saturated carbocycles. The Labute approximate surface area is 288 Å². The average molecular weight is 643 g/mol. The van der Waals surface area contributed by atoms with Crippen molar-refractivity contribution in [2.45, 2.75) is 6.17 Å². The zero-order valence-electron chi connectivity index (χ0n) is 27.0. The summed E-state index contributed by atoms with van der Waals surface area (Å²) in [5, 5.41) is 8.37. The highest BCUT2D eigenvalue weighted by Crippen LogP contribution is 2.41. The Morgan fingerprint density at radius 2 is 1.12 bits per heavy atom. The zero-order valence-corrected chi connectivity index (χ0v) is 27.0. The monoisotopic (exact) mass is 642 g/mol. The van der Waals surface area contributed by atoms with Crippen LogP contribution in [0.25, 0.3) is 55.1 Å². The fourth-order valence-electron chi connectivity index (χ4n) is 7.38. The maximum absolute atomic E-state index is 5.38. The molecule has 6 nitrogen and oxygen atoms in total. The molecule has 10 rings (SSSR count). The smallest absolute Gasteiger partial charge is 0.165 e. The highest BCUT2D eigenvalue weighted by Gasteiger charge is 2.24. The molecular formula is C44H30N6. The molecule has 9 aromatic rings. The van der Waals surface area contributed by atoms with Crippen LogP contribution in [0.15, 0.2) is 180 Å². The fourth-order valence-corrected chi connectivity index (χ4v) is 7.38. The lowest BCUT2D eigenvalue weighted by atomic mass is 10.1. The minimum absolute atomic E-state index is 0.439. The van der Waals surface area contributed by atoms with Crippen molar-refractivity contribution in [2.24, 2.45) is 9.98 Å². The van der Waals surface area contributed by atoms with E-state index in [2.05, 4.69) is 130 Å². The van der Waals surface area contributed by atoms with Crippen molar-refractivity contribution in [3.05, 3.63) is 187 Å². The number of nitrogens with zero attached hydrogens (tertiary/aromatic N) is 5. The maximum atomic E-state index is 5.38. The number of pyridine rings is 1. The summed E-state index contributed by atoms with van der Waals surface area (Å²) in [7, 11) is 0. The van der Waals surface area contributed by atoms with Crippen molar-refractivity contribution in [1.29, 1.82) is 0 Å². The molecule has 0 amide bonds. The number of benzene rings is 6. The van der Waals surface area contributed by atoms with Gasteiger partial charge in [0.2, 0.25) is 0 Å². The summed E-state index contributed by atoms with van der Waals surface area (Å²) in [5.41, 5.74) is 8.46. The molecule has 6 aromatic carbocycles. The van der Waals surface area contributed by atoms with E-state index in [9.17, 15) is 0 Å². The SMILES string of the molecule is c1ccc(C2=NC(c3cccc(-n4c5ccccc5c5ccc6c(c7ccccc7n6-c6ccccc6)c54)n3)NC(c3ccccc3)=N2)cc1. The number of para-hydroxylation sites is 3. The first-order chi connectivity index (χ1) is 24.8. The topological polar surface area (TPSA) is 59.5 Å². The van der Waals surface area contributed by atoms with Gasteiger partial charge in [0.05, 0.1) is 27.8 Å². The van der Waals surface area contributed by atoms with Gasteiger partial charge in [-0.25, -0.2) is 15.0 Å². The van der Waals surface area contributed by atoms with E-state index < -0.39 is 6.17 Å². The molecule has 0 spiro atoms. The van der Waals surface area contributed by atoms with E-state index in [4.69, 9.17) is 15.0 Å². The maximum Gasteiger partial charge on any atom is 0.165 e. The molecular weight excluding hydrogens is 613 g/mol. The third-order valence-electron chi connectivity index (χ3n) is 9.57. The first kappa shape index (κ1) is 28.2. The number of aromatic nitrogens is 3. The highest BCUT2D eigenvalue weighted by atomic mass is 15.2. The molecule has 0 saturated heterocycles. The Hall–Kier alpha value is -6.79. The molecule has 1 unspecified atom stereocenters. The summed E-state index contributed by atoms with van der Waals surface area (Å²) >= 11 is 0. The van der Waals surface area contributed by atoms with Crippen molar-refractivity contribution in [2.75, 3.05) is 0 Å². The average Bonchev–Trinajstić information content (AvgIpc) is 3.72. The van der Waals surface area contributed by atoms with E-state index >= 15 is 0 Å². The molecule has 0 aliphatic carbocycles. The number of hydrogen-bond donors (Lipinski definition) is 1. The van der Waals surface area contributed by atoms with E-state index in [0.29, 0.717) is 5.84 Å². The predicted molar refractivity (Wildman–Crippen MR) is 205 cm³/mol. The second-order valence-corrected chi connectivity index (χ2v) is 12.5. The van der Waals surface area contributed by atoms with Gasteiger partial charge in [0.25, 0.3) is 0 Å². The largest absolute Gasteiger partial charge is 0.343 e. The lowest BCUT2D eigenvalue weighted by Crippen LogP contribution is -2.34. The van der Waals surface area contributed by atoms with Gasteiger partial charge in [-0.1, -0.05) is 127 Å². The zero-order chi connectivity index (χ0) is 33.0. The Balaban J connectivity index is 1.21. The van der Waals surface area contributed by atoms with Crippen molar-refractivity contribution >= 4 is 55.3 Å². The molecule has 0 radical (unpaired) electrons. The molecule has 0 bridgehead atoms. The second kappa shape index (κ2) is 11.4. The molecule has 1 atom stereocenters. The minimum atomic E-state index is -0.439. The third kappa shape index (κ3) is 4.46. The number of aliphatic imine (C=N–C) groups is 2. The molecule has 1 N–H and O–H groups in total. The van der Waals surface area contributed by atoms with Crippen LogP contribution in [-0.2, 0) is 0 Å². The van der Waals surface area contributed by atoms with Crippen molar-refractivity contribution < 1.29 is 0 Å². The summed E-state index contributed by atoms with van der Waals surface area (Å²) < 4.78 is 4.70. The lowest BCUT2D eigenvalue weighted by Gasteiger charge is -2.23. The fraction of sp³-hybridized carbons (Fsp3) is 0.0227. The summed E-state index contributed by atoms with van der Waals surface area (Å²) in [6.45, 7) is 0. The van der Waals surface area contributed by atoms with Crippen LogP contribution >= 0.6 is 0 Å². The Bertz CT molecular complexity index is 2780. The van der Waals surface area contributed by atoms with Crippen molar-refractivity contribution in [3.63, 3.8) is 0 Å². The van der Waals surface area contributed by atoms with Gasteiger partial charge in [0.1, 0.15) is 11.7 Å². The van der Waals surface area contributed by atoms with Crippen molar-refractivity contribution in [1.82, 2.24) is 19.4 Å².